The van der Waals surface area contributed by atoms with Gasteiger partial charge in [-0.15, -0.1) is 0 Å². The van der Waals surface area contributed by atoms with Crippen LogP contribution >= 0.6 is 0 Å². The Morgan fingerprint density at radius 1 is 1.43 bits per heavy atom. The van der Waals surface area contributed by atoms with E-state index in [2.05, 4.69) is 4.98 Å². The predicted molar refractivity (Wildman–Crippen MR) is 50.3 cm³/mol. The van der Waals surface area contributed by atoms with Crippen molar-refractivity contribution in [1.29, 1.82) is 0 Å². The summed E-state index contributed by atoms with van der Waals surface area (Å²) in [5.41, 5.74) is 0.527. The lowest BCUT2D eigenvalue weighted by Gasteiger charge is -2.04. The minimum Gasteiger partial charge on any atom is -0.507 e. The summed E-state index contributed by atoms with van der Waals surface area (Å²) in [6.07, 6.45) is 3.39. The van der Waals surface area contributed by atoms with Crippen LogP contribution in [-0.2, 0) is 7.05 Å². The number of rotatable bonds is 1. The molecule has 0 radical (unpaired) electrons. The van der Waals surface area contributed by atoms with Gasteiger partial charge in [0, 0.05) is 25.5 Å². The smallest absolute Gasteiger partial charge is 0.143 e. The fourth-order valence-electron chi connectivity index (χ4n) is 1.32. The Hall–Kier alpha value is -1.84. The van der Waals surface area contributed by atoms with E-state index in [0.29, 0.717) is 11.4 Å². The minimum atomic E-state index is -0.458. The second kappa shape index (κ2) is 3.14. The topological polar surface area (TPSA) is 38.0 Å². The van der Waals surface area contributed by atoms with Crippen molar-refractivity contribution in [3.05, 3.63) is 36.4 Å². The highest BCUT2D eigenvalue weighted by Gasteiger charge is 2.08. The Morgan fingerprint density at radius 3 is 2.79 bits per heavy atom. The SMILES string of the molecule is Cn1ccnc1-c1ccc(F)cc1O. The molecule has 1 aromatic heterocycles. The zero-order valence-corrected chi connectivity index (χ0v) is 7.61. The van der Waals surface area contributed by atoms with Crippen molar-refractivity contribution in [2.45, 2.75) is 0 Å². The molecule has 1 N–H and O–H groups in total. The molecule has 2 aromatic rings. The number of phenols is 1. The van der Waals surface area contributed by atoms with Gasteiger partial charge in [0.1, 0.15) is 17.4 Å². The van der Waals surface area contributed by atoms with E-state index in [9.17, 15) is 9.50 Å². The maximum Gasteiger partial charge on any atom is 0.143 e. The zero-order chi connectivity index (χ0) is 10.1. The third-order valence-electron chi connectivity index (χ3n) is 2.02. The molecule has 0 amide bonds. The first-order valence-corrected chi connectivity index (χ1v) is 4.14. The largest absolute Gasteiger partial charge is 0.507 e. The molecule has 0 aliphatic rings. The normalized spacial score (nSPS) is 10.4. The molecule has 0 atom stereocenters. The summed E-state index contributed by atoms with van der Waals surface area (Å²) in [5.74, 6) is 0.0576. The van der Waals surface area contributed by atoms with Gasteiger partial charge in [0.15, 0.2) is 0 Å². The van der Waals surface area contributed by atoms with Crippen molar-refractivity contribution >= 4 is 0 Å². The number of imidazole rings is 1. The van der Waals surface area contributed by atoms with Gasteiger partial charge in [-0.3, -0.25) is 0 Å². The number of nitrogens with zero attached hydrogens (tertiary/aromatic N) is 2. The molecule has 1 heterocycles. The molecule has 2 rings (SSSR count). The summed E-state index contributed by atoms with van der Waals surface area (Å²) in [5, 5.41) is 9.49. The van der Waals surface area contributed by atoms with E-state index in [1.54, 1.807) is 17.0 Å². The monoisotopic (exact) mass is 192 g/mol. The summed E-state index contributed by atoms with van der Waals surface area (Å²) >= 11 is 0. The third-order valence-corrected chi connectivity index (χ3v) is 2.02. The van der Waals surface area contributed by atoms with Crippen molar-refractivity contribution < 1.29 is 9.50 Å². The molecule has 72 valence electrons. The number of aromatic nitrogens is 2. The van der Waals surface area contributed by atoms with Gasteiger partial charge < -0.3 is 9.67 Å². The number of hydrogen-bond donors (Lipinski definition) is 1. The van der Waals surface area contributed by atoms with Crippen LogP contribution in [0.5, 0.6) is 5.75 Å². The highest BCUT2D eigenvalue weighted by Crippen LogP contribution is 2.27. The number of hydrogen-bond acceptors (Lipinski definition) is 2. The minimum absolute atomic E-state index is 0.0979. The van der Waals surface area contributed by atoms with Crippen LogP contribution in [-0.4, -0.2) is 14.7 Å². The van der Waals surface area contributed by atoms with Crippen LogP contribution < -0.4 is 0 Å². The van der Waals surface area contributed by atoms with Crippen molar-refractivity contribution in [3.8, 4) is 17.1 Å². The first-order chi connectivity index (χ1) is 6.68. The van der Waals surface area contributed by atoms with Crippen LogP contribution in [0.3, 0.4) is 0 Å². The Balaban J connectivity index is 2.58. The van der Waals surface area contributed by atoms with E-state index in [1.165, 1.54) is 12.1 Å². The molecular weight excluding hydrogens is 183 g/mol. The van der Waals surface area contributed by atoms with E-state index < -0.39 is 5.82 Å². The molecular formula is C10H9FN2O. The molecule has 0 unspecified atom stereocenters. The van der Waals surface area contributed by atoms with Gasteiger partial charge in [-0.05, 0) is 12.1 Å². The highest BCUT2D eigenvalue weighted by atomic mass is 19.1. The number of phenolic OH excluding ortho intramolecular Hbond substituents is 1. The standard InChI is InChI=1S/C10H9FN2O/c1-13-5-4-12-10(13)8-3-2-7(11)6-9(8)14/h2-6,14H,1H3. The van der Waals surface area contributed by atoms with Crippen LogP contribution in [0.2, 0.25) is 0 Å². The third kappa shape index (κ3) is 1.35. The van der Waals surface area contributed by atoms with Gasteiger partial charge in [0.2, 0.25) is 0 Å². The molecule has 0 saturated heterocycles. The predicted octanol–water partition coefficient (Wildman–Crippen LogP) is 1.93. The fourth-order valence-corrected chi connectivity index (χ4v) is 1.32. The van der Waals surface area contributed by atoms with Gasteiger partial charge in [-0.1, -0.05) is 0 Å². The summed E-state index contributed by atoms with van der Waals surface area (Å²) in [6, 6.07) is 3.88. The lowest BCUT2D eigenvalue weighted by molar-refractivity contribution is 0.470. The van der Waals surface area contributed by atoms with Crippen LogP contribution in [0, 0.1) is 5.82 Å². The summed E-state index contributed by atoms with van der Waals surface area (Å²) in [6.45, 7) is 0. The number of benzene rings is 1. The quantitative estimate of drug-likeness (QED) is 0.749. The van der Waals surface area contributed by atoms with E-state index >= 15 is 0 Å². The molecule has 0 bridgehead atoms. The Kier molecular flexibility index (Phi) is 1.96. The summed E-state index contributed by atoms with van der Waals surface area (Å²) in [4.78, 5) is 4.06. The van der Waals surface area contributed by atoms with E-state index in [0.717, 1.165) is 6.07 Å². The van der Waals surface area contributed by atoms with Gasteiger partial charge >= 0.3 is 0 Å². The van der Waals surface area contributed by atoms with E-state index in [1.807, 2.05) is 7.05 Å². The second-order valence-corrected chi connectivity index (χ2v) is 3.02. The lowest BCUT2D eigenvalue weighted by Crippen LogP contribution is -1.91. The molecule has 0 spiro atoms. The Labute approximate surface area is 80.5 Å². The first kappa shape index (κ1) is 8.74. The summed E-state index contributed by atoms with van der Waals surface area (Å²) in [7, 11) is 1.81. The molecule has 0 saturated carbocycles. The maximum atomic E-state index is 12.7. The molecule has 1 aromatic carbocycles. The average molecular weight is 192 g/mol. The van der Waals surface area contributed by atoms with Gasteiger partial charge in [0.25, 0.3) is 0 Å². The number of aromatic hydroxyl groups is 1. The molecule has 0 fully saturated rings. The molecule has 3 nitrogen and oxygen atoms in total. The maximum absolute atomic E-state index is 12.7. The number of aryl methyl sites for hydroxylation is 1. The highest BCUT2D eigenvalue weighted by molar-refractivity contribution is 5.63. The fraction of sp³-hybridized carbons (Fsp3) is 0.100. The first-order valence-electron chi connectivity index (χ1n) is 4.14. The second-order valence-electron chi connectivity index (χ2n) is 3.02. The van der Waals surface area contributed by atoms with Crippen molar-refractivity contribution in [2.75, 3.05) is 0 Å². The average Bonchev–Trinajstić information content (AvgIpc) is 2.52. The Morgan fingerprint density at radius 2 is 2.21 bits per heavy atom. The van der Waals surface area contributed by atoms with Crippen molar-refractivity contribution in [1.82, 2.24) is 9.55 Å². The number of halogens is 1. The Bertz CT molecular complexity index is 465. The molecule has 14 heavy (non-hydrogen) atoms. The van der Waals surface area contributed by atoms with E-state index in [-0.39, 0.29) is 5.75 Å². The van der Waals surface area contributed by atoms with Crippen molar-refractivity contribution in [2.24, 2.45) is 7.05 Å². The summed E-state index contributed by atoms with van der Waals surface area (Å²) < 4.78 is 14.5. The van der Waals surface area contributed by atoms with E-state index in [4.69, 9.17) is 0 Å². The molecule has 0 aliphatic heterocycles. The van der Waals surface area contributed by atoms with Crippen LogP contribution in [0.4, 0.5) is 4.39 Å². The molecule has 4 heteroatoms. The van der Waals surface area contributed by atoms with Crippen LogP contribution in [0.15, 0.2) is 30.6 Å². The van der Waals surface area contributed by atoms with Gasteiger partial charge in [0.05, 0.1) is 5.56 Å². The van der Waals surface area contributed by atoms with Gasteiger partial charge in [-0.25, -0.2) is 9.37 Å². The lowest BCUT2D eigenvalue weighted by atomic mass is 10.2. The van der Waals surface area contributed by atoms with Crippen LogP contribution in [0.1, 0.15) is 0 Å². The molecule has 0 aliphatic carbocycles. The van der Waals surface area contributed by atoms with Crippen LogP contribution in [0.25, 0.3) is 11.4 Å². The zero-order valence-electron chi connectivity index (χ0n) is 7.61. The van der Waals surface area contributed by atoms with Gasteiger partial charge in [-0.2, -0.15) is 0 Å². The van der Waals surface area contributed by atoms with Crippen molar-refractivity contribution in [3.63, 3.8) is 0 Å².